The van der Waals surface area contributed by atoms with E-state index < -0.39 is 11.9 Å². The summed E-state index contributed by atoms with van der Waals surface area (Å²) in [6.45, 7) is 1.81. The summed E-state index contributed by atoms with van der Waals surface area (Å²) in [6.07, 6.45) is 2.12. The van der Waals surface area contributed by atoms with Crippen LogP contribution in [0.4, 0.5) is 4.39 Å². The Morgan fingerprint density at radius 3 is 2.72 bits per heavy atom. The van der Waals surface area contributed by atoms with Crippen LogP contribution in [0.15, 0.2) is 35.1 Å². The Labute approximate surface area is 118 Å². The summed E-state index contributed by atoms with van der Waals surface area (Å²) in [5.74, 6) is -0.616. The van der Waals surface area contributed by atoms with E-state index in [4.69, 9.17) is 11.6 Å². The number of aliphatic hydroxyl groups excluding tert-OH is 1. The number of hydrogen-bond donors (Lipinski definition) is 1. The molecule has 5 heteroatoms. The molecule has 1 unspecified atom stereocenters. The van der Waals surface area contributed by atoms with Gasteiger partial charge in [0.1, 0.15) is 11.9 Å². The lowest BCUT2D eigenvalue weighted by Gasteiger charge is -2.15. The quantitative estimate of drug-likeness (QED) is 0.844. The van der Waals surface area contributed by atoms with Crippen LogP contribution in [0.2, 0.25) is 5.02 Å². The molecule has 0 fully saturated rings. The fourth-order valence-corrected chi connectivity index (χ4v) is 2.19. The number of benzene rings is 1. The third kappa shape index (κ3) is 2.41. The maximum absolute atomic E-state index is 14.0. The normalized spacial score (nSPS) is 12.5. The molecule has 0 amide bonds. The summed E-state index contributed by atoms with van der Waals surface area (Å²) in [4.78, 5) is 3.94. The van der Waals surface area contributed by atoms with Crippen molar-refractivity contribution in [3.63, 3.8) is 0 Å². The van der Waals surface area contributed by atoms with E-state index in [0.29, 0.717) is 10.0 Å². The maximum Gasteiger partial charge on any atom is 0.149 e. The van der Waals surface area contributed by atoms with Gasteiger partial charge < -0.3 is 5.11 Å². The first-order chi connectivity index (χ1) is 8.52. The van der Waals surface area contributed by atoms with Crippen LogP contribution in [0.1, 0.15) is 22.8 Å². The molecule has 1 aromatic carbocycles. The van der Waals surface area contributed by atoms with Crippen LogP contribution in [0.3, 0.4) is 0 Å². The highest BCUT2D eigenvalue weighted by Gasteiger charge is 2.19. The van der Waals surface area contributed by atoms with Crippen molar-refractivity contribution in [2.24, 2.45) is 0 Å². The molecule has 1 aromatic heterocycles. The monoisotopic (exact) mass is 329 g/mol. The largest absolute Gasteiger partial charge is 0.384 e. The minimum absolute atomic E-state index is 0.0294. The van der Waals surface area contributed by atoms with Crippen LogP contribution in [-0.4, -0.2) is 10.1 Å². The lowest BCUT2D eigenvalue weighted by atomic mass is 9.99. The van der Waals surface area contributed by atoms with Gasteiger partial charge in [0.2, 0.25) is 0 Å². The molecule has 0 saturated carbocycles. The average molecular weight is 331 g/mol. The van der Waals surface area contributed by atoms with Crippen molar-refractivity contribution < 1.29 is 9.50 Å². The fraction of sp³-hybridized carbons (Fsp3) is 0.154. The summed E-state index contributed by atoms with van der Waals surface area (Å²) in [5, 5.41) is 10.2. The van der Waals surface area contributed by atoms with Crippen molar-refractivity contribution >= 4 is 27.5 Å². The van der Waals surface area contributed by atoms with Crippen LogP contribution in [-0.2, 0) is 0 Å². The molecule has 0 aliphatic heterocycles. The minimum atomic E-state index is -1.06. The fourth-order valence-electron chi connectivity index (χ4n) is 1.71. The van der Waals surface area contributed by atoms with Crippen molar-refractivity contribution in [1.29, 1.82) is 0 Å². The molecule has 0 spiro atoms. The molecule has 0 radical (unpaired) electrons. The second-order valence-electron chi connectivity index (χ2n) is 3.90. The van der Waals surface area contributed by atoms with Gasteiger partial charge in [0.15, 0.2) is 0 Å². The average Bonchev–Trinajstić information content (AvgIpc) is 2.36. The van der Waals surface area contributed by atoms with Gasteiger partial charge >= 0.3 is 0 Å². The van der Waals surface area contributed by atoms with Gasteiger partial charge in [0.05, 0.1) is 5.02 Å². The summed E-state index contributed by atoms with van der Waals surface area (Å²) in [5.41, 5.74) is 1.56. The molecular weight excluding hydrogens is 321 g/mol. The van der Waals surface area contributed by atoms with E-state index in [0.717, 1.165) is 5.56 Å². The number of halogens is 3. The molecule has 1 heterocycles. The molecule has 0 saturated heterocycles. The van der Waals surface area contributed by atoms with Crippen molar-refractivity contribution in [3.05, 3.63) is 62.6 Å². The SMILES string of the molecule is Cc1cnccc1C(O)c1ccc(Br)c(Cl)c1F. The van der Waals surface area contributed by atoms with Gasteiger partial charge in [0, 0.05) is 22.4 Å². The lowest BCUT2D eigenvalue weighted by molar-refractivity contribution is 0.214. The Hall–Kier alpha value is -0.970. The topological polar surface area (TPSA) is 33.1 Å². The molecule has 0 aliphatic rings. The number of aliphatic hydroxyl groups is 1. The van der Waals surface area contributed by atoms with E-state index in [1.165, 1.54) is 6.07 Å². The van der Waals surface area contributed by atoms with E-state index in [9.17, 15) is 9.50 Å². The number of pyridine rings is 1. The standard InChI is InChI=1S/C13H10BrClFNO/c1-7-6-17-5-4-8(7)13(18)9-2-3-10(14)11(15)12(9)16/h2-6,13,18H,1H3. The zero-order valence-corrected chi connectivity index (χ0v) is 11.8. The zero-order valence-electron chi connectivity index (χ0n) is 9.49. The summed E-state index contributed by atoms with van der Waals surface area (Å²) >= 11 is 8.95. The summed E-state index contributed by atoms with van der Waals surface area (Å²) < 4.78 is 14.5. The predicted octanol–water partition coefficient (Wildman–Crippen LogP) is 4.03. The van der Waals surface area contributed by atoms with Gasteiger partial charge in [-0.05, 0) is 46.1 Å². The molecule has 18 heavy (non-hydrogen) atoms. The first-order valence-electron chi connectivity index (χ1n) is 5.24. The van der Waals surface area contributed by atoms with Crippen molar-refractivity contribution in [2.45, 2.75) is 13.0 Å². The van der Waals surface area contributed by atoms with Gasteiger partial charge in [-0.15, -0.1) is 0 Å². The number of hydrogen-bond acceptors (Lipinski definition) is 2. The Balaban J connectivity index is 2.50. The van der Waals surface area contributed by atoms with Crippen molar-refractivity contribution in [3.8, 4) is 0 Å². The smallest absolute Gasteiger partial charge is 0.149 e. The summed E-state index contributed by atoms with van der Waals surface area (Å²) in [7, 11) is 0. The Morgan fingerprint density at radius 2 is 2.06 bits per heavy atom. The van der Waals surface area contributed by atoms with E-state index in [2.05, 4.69) is 20.9 Å². The molecule has 1 N–H and O–H groups in total. The Bertz CT molecular complexity index is 591. The van der Waals surface area contributed by atoms with E-state index in [1.807, 2.05) is 6.92 Å². The molecular formula is C13H10BrClFNO. The van der Waals surface area contributed by atoms with Gasteiger partial charge in [-0.25, -0.2) is 4.39 Å². The molecule has 0 bridgehead atoms. The van der Waals surface area contributed by atoms with Crippen LogP contribution >= 0.6 is 27.5 Å². The van der Waals surface area contributed by atoms with Gasteiger partial charge in [0.25, 0.3) is 0 Å². The highest BCUT2D eigenvalue weighted by molar-refractivity contribution is 9.10. The Kier molecular flexibility index (Phi) is 4.00. The van der Waals surface area contributed by atoms with Gasteiger partial charge in [-0.2, -0.15) is 0 Å². The van der Waals surface area contributed by atoms with Gasteiger partial charge in [-0.3, -0.25) is 4.98 Å². The van der Waals surface area contributed by atoms with Gasteiger partial charge in [-0.1, -0.05) is 17.7 Å². The minimum Gasteiger partial charge on any atom is -0.384 e. The second-order valence-corrected chi connectivity index (χ2v) is 5.13. The molecule has 1 atom stereocenters. The highest BCUT2D eigenvalue weighted by Crippen LogP contribution is 2.33. The maximum atomic E-state index is 14.0. The van der Waals surface area contributed by atoms with Crippen molar-refractivity contribution in [2.75, 3.05) is 0 Å². The predicted molar refractivity (Wildman–Crippen MR) is 72.1 cm³/mol. The van der Waals surface area contributed by atoms with E-state index in [1.54, 1.807) is 24.5 Å². The lowest BCUT2D eigenvalue weighted by Crippen LogP contribution is -2.05. The second kappa shape index (κ2) is 5.34. The molecule has 2 rings (SSSR count). The Morgan fingerprint density at radius 1 is 1.33 bits per heavy atom. The third-order valence-corrected chi connectivity index (χ3v) is 3.98. The van der Waals surface area contributed by atoms with Crippen LogP contribution in [0.5, 0.6) is 0 Å². The highest BCUT2D eigenvalue weighted by atomic mass is 79.9. The van der Waals surface area contributed by atoms with Crippen molar-refractivity contribution in [1.82, 2.24) is 4.98 Å². The molecule has 94 valence electrons. The third-order valence-electron chi connectivity index (χ3n) is 2.72. The zero-order chi connectivity index (χ0) is 13.3. The molecule has 2 aromatic rings. The van der Waals surface area contributed by atoms with Crippen LogP contribution < -0.4 is 0 Å². The van der Waals surface area contributed by atoms with E-state index in [-0.39, 0.29) is 10.6 Å². The summed E-state index contributed by atoms with van der Waals surface area (Å²) in [6, 6.07) is 4.78. The molecule has 2 nitrogen and oxygen atoms in total. The first-order valence-corrected chi connectivity index (χ1v) is 6.41. The number of nitrogens with zero attached hydrogens (tertiary/aromatic N) is 1. The van der Waals surface area contributed by atoms with Crippen LogP contribution in [0, 0.1) is 12.7 Å². The molecule has 0 aliphatic carbocycles. The van der Waals surface area contributed by atoms with Crippen LogP contribution in [0.25, 0.3) is 0 Å². The van der Waals surface area contributed by atoms with E-state index >= 15 is 0 Å². The first kappa shape index (κ1) is 13.5. The number of aromatic nitrogens is 1. The number of rotatable bonds is 2. The number of aryl methyl sites for hydroxylation is 1.